The van der Waals surface area contributed by atoms with Crippen LogP contribution in [0.25, 0.3) is 44.2 Å². The zero-order valence-electron chi connectivity index (χ0n) is 14.7. The predicted octanol–water partition coefficient (Wildman–Crippen LogP) is 6.32. The van der Waals surface area contributed by atoms with Crippen LogP contribution in [0, 0.1) is 0 Å². The van der Waals surface area contributed by atoms with E-state index < -0.39 is 0 Å². The number of fused-ring (bicyclic) bond motifs is 5. The van der Waals surface area contributed by atoms with Crippen LogP contribution in [0.2, 0.25) is 0 Å². The Hall–Kier alpha value is -3.20. The molecule has 2 heterocycles. The van der Waals surface area contributed by atoms with Crippen molar-refractivity contribution in [3.05, 3.63) is 72.4 Å². The molecule has 0 radical (unpaired) electrons. The van der Waals surface area contributed by atoms with Crippen LogP contribution in [0.1, 0.15) is 25.5 Å². The first-order chi connectivity index (χ1) is 12.7. The van der Waals surface area contributed by atoms with E-state index in [0.29, 0.717) is 0 Å². The molecule has 0 fully saturated rings. The number of hydrogen-bond donors (Lipinski definition) is 0. The van der Waals surface area contributed by atoms with Gasteiger partial charge in [0.2, 0.25) is 0 Å². The Kier molecular flexibility index (Phi) is 3.29. The van der Waals surface area contributed by atoms with Gasteiger partial charge in [0, 0.05) is 5.56 Å². The standard InChI is InChI=1S/C23H18N2O/c1-14(2)20-22-21(25-23(24-20)16-9-4-3-5-10-16)19-17-11-7-6-8-15(17)12-13-18(19)26-22/h3-14H,1-2H3. The first-order valence-corrected chi connectivity index (χ1v) is 8.89. The summed E-state index contributed by atoms with van der Waals surface area (Å²) in [7, 11) is 0. The third-order valence-electron chi connectivity index (χ3n) is 4.81. The molecule has 0 saturated carbocycles. The molecule has 0 spiro atoms. The van der Waals surface area contributed by atoms with Gasteiger partial charge in [-0.15, -0.1) is 0 Å². The van der Waals surface area contributed by atoms with E-state index in [0.717, 1.165) is 44.5 Å². The molecular weight excluding hydrogens is 320 g/mol. The first-order valence-electron chi connectivity index (χ1n) is 8.89. The minimum atomic E-state index is 0.245. The molecule has 3 aromatic carbocycles. The highest BCUT2D eigenvalue weighted by Gasteiger charge is 2.19. The van der Waals surface area contributed by atoms with Gasteiger partial charge in [-0.2, -0.15) is 0 Å². The normalized spacial score (nSPS) is 11.8. The Morgan fingerprint density at radius 3 is 2.38 bits per heavy atom. The number of hydrogen-bond acceptors (Lipinski definition) is 3. The van der Waals surface area contributed by atoms with Crippen molar-refractivity contribution in [1.82, 2.24) is 9.97 Å². The van der Waals surface area contributed by atoms with Crippen molar-refractivity contribution in [2.45, 2.75) is 19.8 Å². The number of furan rings is 1. The molecule has 0 aliphatic heterocycles. The maximum absolute atomic E-state index is 6.22. The Bertz CT molecular complexity index is 1250. The lowest BCUT2D eigenvalue weighted by Crippen LogP contribution is -1.98. The molecule has 0 unspecified atom stereocenters. The van der Waals surface area contributed by atoms with E-state index in [1.165, 1.54) is 5.39 Å². The third kappa shape index (κ3) is 2.21. The van der Waals surface area contributed by atoms with E-state index in [2.05, 4.69) is 44.2 Å². The summed E-state index contributed by atoms with van der Waals surface area (Å²) < 4.78 is 6.22. The van der Waals surface area contributed by atoms with Crippen molar-refractivity contribution < 1.29 is 4.42 Å². The van der Waals surface area contributed by atoms with Crippen LogP contribution in [0.3, 0.4) is 0 Å². The minimum absolute atomic E-state index is 0.245. The predicted molar refractivity (Wildman–Crippen MR) is 106 cm³/mol. The topological polar surface area (TPSA) is 38.9 Å². The minimum Gasteiger partial charge on any atom is -0.452 e. The summed E-state index contributed by atoms with van der Waals surface area (Å²) >= 11 is 0. The smallest absolute Gasteiger partial charge is 0.175 e. The van der Waals surface area contributed by atoms with Crippen LogP contribution >= 0.6 is 0 Å². The molecule has 3 nitrogen and oxygen atoms in total. The molecule has 0 saturated heterocycles. The van der Waals surface area contributed by atoms with Crippen LogP contribution < -0.4 is 0 Å². The third-order valence-corrected chi connectivity index (χ3v) is 4.81. The molecule has 26 heavy (non-hydrogen) atoms. The lowest BCUT2D eigenvalue weighted by molar-refractivity contribution is 0.649. The maximum Gasteiger partial charge on any atom is 0.175 e. The highest BCUT2D eigenvalue weighted by molar-refractivity contribution is 6.17. The molecule has 0 aliphatic rings. The van der Waals surface area contributed by atoms with Gasteiger partial charge in [-0.3, -0.25) is 0 Å². The highest BCUT2D eigenvalue weighted by Crippen LogP contribution is 2.37. The molecule has 126 valence electrons. The van der Waals surface area contributed by atoms with Crippen molar-refractivity contribution in [2.75, 3.05) is 0 Å². The van der Waals surface area contributed by atoms with Gasteiger partial charge >= 0.3 is 0 Å². The molecule has 0 bridgehead atoms. The van der Waals surface area contributed by atoms with Crippen molar-refractivity contribution in [1.29, 1.82) is 0 Å². The summed E-state index contributed by atoms with van der Waals surface area (Å²) in [6, 6.07) is 22.6. The van der Waals surface area contributed by atoms with E-state index in [4.69, 9.17) is 14.4 Å². The van der Waals surface area contributed by atoms with Crippen LogP contribution in [-0.4, -0.2) is 9.97 Å². The molecule has 0 atom stereocenters. The van der Waals surface area contributed by atoms with Gasteiger partial charge in [0.15, 0.2) is 11.4 Å². The SMILES string of the molecule is CC(C)c1nc(-c2ccccc2)nc2c1oc1ccc3ccccc3c12. The summed E-state index contributed by atoms with van der Waals surface area (Å²) in [4.78, 5) is 9.76. The fourth-order valence-corrected chi connectivity index (χ4v) is 3.54. The van der Waals surface area contributed by atoms with E-state index in [1.807, 2.05) is 36.4 Å². The Morgan fingerprint density at radius 2 is 1.58 bits per heavy atom. The van der Waals surface area contributed by atoms with Crippen molar-refractivity contribution in [3.8, 4) is 11.4 Å². The fourth-order valence-electron chi connectivity index (χ4n) is 3.54. The Balaban J connectivity index is 1.96. The quantitative estimate of drug-likeness (QED) is 0.378. The number of nitrogens with zero attached hydrogens (tertiary/aromatic N) is 2. The summed E-state index contributed by atoms with van der Waals surface area (Å²) in [5, 5.41) is 3.42. The van der Waals surface area contributed by atoms with Gasteiger partial charge in [0.1, 0.15) is 11.1 Å². The van der Waals surface area contributed by atoms with Crippen LogP contribution in [0.4, 0.5) is 0 Å². The molecular formula is C23H18N2O. The average molecular weight is 338 g/mol. The van der Waals surface area contributed by atoms with Crippen LogP contribution in [-0.2, 0) is 0 Å². The van der Waals surface area contributed by atoms with E-state index in [-0.39, 0.29) is 5.92 Å². The molecule has 0 amide bonds. The summed E-state index contributed by atoms with van der Waals surface area (Å²) in [6.07, 6.45) is 0. The maximum atomic E-state index is 6.22. The fraction of sp³-hybridized carbons (Fsp3) is 0.130. The summed E-state index contributed by atoms with van der Waals surface area (Å²) in [5.41, 5.74) is 4.53. The van der Waals surface area contributed by atoms with Crippen LogP contribution in [0.5, 0.6) is 0 Å². The number of rotatable bonds is 2. The molecule has 0 N–H and O–H groups in total. The van der Waals surface area contributed by atoms with Crippen molar-refractivity contribution >= 4 is 32.8 Å². The summed E-state index contributed by atoms with van der Waals surface area (Å²) in [6.45, 7) is 4.28. The Labute approximate surface area is 151 Å². The van der Waals surface area contributed by atoms with Gasteiger partial charge in [-0.1, -0.05) is 74.5 Å². The van der Waals surface area contributed by atoms with Gasteiger partial charge in [-0.25, -0.2) is 9.97 Å². The zero-order valence-corrected chi connectivity index (χ0v) is 14.7. The van der Waals surface area contributed by atoms with Crippen LogP contribution in [0.15, 0.2) is 71.1 Å². The van der Waals surface area contributed by atoms with E-state index in [1.54, 1.807) is 0 Å². The molecule has 5 aromatic rings. The lowest BCUT2D eigenvalue weighted by Gasteiger charge is -2.08. The van der Waals surface area contributed by atoms with Gasteiger partial charge in [0.05, 0.1) is 11.1 Å². The molecule has 3 heteroatoms. The van der Waals surface area contributed by atoms with Crippen molar-refractivity contribution in [2.24, 2.45) is 0 Å². The number of aromatic nitrogens is 2. The van der Waals surface area contributed by atoms with Gasteiger partial charge in [-0.05, 0) is 22.8 Å². The van der Waals surface area contributed by atoms with Gasteiger partial charge in [0.25, 0.3) is 0 Å². The second-order valence-corrected chi connectivity index (χ2v) is 6.89. The summed E-state index contributed by atoms with van der Waals surface area (Å²) in [5.74, 6) is 0.993. The lowest BCUT2D eigenvalue weighted by atomic mass is 10.0. The molecule has 2 aromatic heterocycles. The first kappa shape index (κ1) is 15.1. The van der Waals surface area contributed by atoms with Gasteiger partial charge < -0.3 is 4.42 Å². The second kappa shape index (κ2) is 5.67. The number of benzene rings is 3. The average Bonchev–Trinajstić information content (AvgIpc) is 3.06. The zero-order chi connectivity index (χ0) is 17.7. The molecule has 0 aliphatic carbocycles. The van der Waals surface area contributed by atoms with E-state index >= 15 is 0 Å². The Morgan fingerprint density at radius 1 is 0.808 bits per heavy atom. The monoisotopic (exact) mass is 338 g/mol. The molecule has 5 rings (SSSR count). The highest BCUT2D eigenvalue weighted by atomic mass is 16.3. The largest absolute Gasteiger partial charge is 0.452 e. The van der Waals surface area contributed by atoms with Crippen molar-refractivity contribution in [3.63, 3.8) is 0 Å². The van der Waals surface area contributed by atoms with E-state index in [9.17, 15) is 0 Å². The second-order valence-electron chi connectivity index (χ2n) is 6.89.